The van der Waals surface area contributed by atoms with Crippen LogP contribution >= 0.6 is 11.3 Å². The molecule has 5 rings (SSSR count). The minimum Gasteiger partial charge on any atom is -0.446 e. The number of hydrogen-bond acceptors (Lipinski definition) is 7. The van der Waals surface area contributed by atoms with Gasteiger partial charge in [0.2, 0.25) is 5.91 Å². The van der Waals surface area contributed by atoms with Gasteiger partial charge in [-0.15, -0.1) is 11.3 Å². The van der Waals surface area contributed by atoms with Crippen LogP contribution in [0.4, 0.5) is 10.5 Å². The number of benzene rings is 2. The Hall–Kier alpha value is -3.73. The number of carbonyl (C=O) groups is 3. The number of ether oxygens (including phenoxy) is 1. The normalized spacial score (nSPS) is 17.7. The SMILES string of the molecule is CCN(CC)C(=O)[C@@H]1CCCN(Cc2ccc(C(=O)NCCN3CCC(OC(=O)Nc4ccccc4-c4ccccc4)CC3)s2)C1. The molecule has 2 fully saturated rings. The molecule has 3 heterocycles. The molecule has 3 amide bonds. The lowest BCUT2D eigenvalue weighted by atomic mass is 9.96. The van der Waals surface area contributed by atoms with Crippen LogP contribution in [0.3, 0.4) is 0 Å². The first-order valence-corrected chi connectivity index (χ1v) is 17.5. The third-order valence-corrected chi connectivity index (χ3v) is 10.0. The molecule has 246 valence electrons. The largest absolute Gasteiger partial charge is 0.446 e. The second-order valence-corrected chi connectivity index (χ2v) is 13.3. The van der Waals surface area contributed by atoms with E-state index in [-0.39, 0.29) is 23.8 Å². The van der Waals surface area contributed by atoms with Crippen LogP contribution in [0, 0.1) is 5.92 Å². The van der Waals surface area contributed by atoms with Crippen LogP contribution in [0.5, 0.6) is 0 Å². The highest BCUT2D eigenvalue weighted by Gasteiger charge is 2.29. The second-order valence-electron chi connectivity index (χ2n) is 12.1. The molecule has 0 saturated carbocycles. The van der Waals surface area contributed by atoms with Crippen molar-refractivity contribution in [3.63, 3.8) is 0 Å². The maximum absolute atomic E-state index is 12.9. The number of nitrogens with one attached hydrogen (secondary N) is 2. The van der Waals surface area contributed by atoms with E-state index < -0.39 is 6.09 Å². The van der Waals surface area contributed by atoms with Crippen molar-refractivity contribution in [2.75, 3.05) is 57.7 Å². The van der Waals surface area contributed by atoms with Crippen LogP contribution < -0.4 is 10.6 Å². The van der Waals surface area contributed by atoms with Gasteiger partial charge in [0.25, 0.3) is 5.91 Å². The maximum atomic E-state index is 12.9. The van der Waals surface area contributed by atoms with E-state index in [0.717, 1.165) is 105 Å². The molecule has 0 radical (unpaired) electrons. The number of piperidine rings is 2. The lowest BCUT2D eigenvalue weighted by Gasteiger charge is -2.34. The summed E-state index contributed by atoms with van der Waals surface area (Å²) in [7, 11) is 0. The van der Waals surface area contributed by atoms with Gasteiger partial charge in [-0.1, -0.05) is 48.5 Å². The number of nitrogens with zero attached hydrogens (tertiary/aromatic N) is 3. The van der Waals surface area contributed by atoms with Gasteiger partial charge < -0.3 is 19.9 Å². The van der Waals surface area contributed by atoms with Gasteiger partial charge in [-0.25, -0.2) is 4.79 Å². The molecule has 2 aliphatic rings. The molecule has 2 aromatic carbocycles. The molecule has 1 atom stereocenters. The van der Waals surface area contributed by atoms with Gasteiger partial charge in [0.05, 0.1) is 16.5 Å². The lowest BCUT2D eigenvalue weighted by Crippen LogP contribution is -2.44. The molecule has 0 aliphatic carbocycles. The second kappa shape index (κ2) is 16.7. The summed E-state index contributed by atoms with van der Waals surface area (Å²) < 4.78 is 5.76. The van der Waals surface area contributed by atoms with Crippen molar-refractivity contribution < 1.29 is 19.1 Å². The van der Waals surface area contributed by atoms with Crippen molar-refractivity contribution in [1.82, 2.24) is 20.0 Å². The van der Waals surface area contributed by atoms with Gasteiger partial charge in [-0.3, -0.25) is 19.8 Å². The number of likely N-dealkylation sites (tertiary alicyclic amines) is 2. The summed E-state index contributed by atoms with van der Waals surface area (Å²) in [5.41, 5.74) is 2.72. The first-order valence-electron chi connectivity index (χ1n) is 16.7. The van der Waals surface area contributed by atoms with Crippen LogP contribution in [-0.4, -0.2) is 91.1 Å². The standard InChI is InChI=1S/C36H47N5O4S/c1-3-41(4-2)35(43)28-13-10-21-40(25-28)26-30-16-17-33(46-30)34(42)37-20-24-39-22-18-29(19-23-39)45-36(44)38-32-15-9-8-14-31(32)27-11-6-5-7-12-27/h5-9,11-12,14-17,28-29H,3-4,10,13,18-26H2,1-2H3,(H,37,42)(H,38,44)/t28-/m1/s1. The first kappa shape index (κ1) is 33.6. The number of anilines is 1. The summed E-state index contributed by atoms with van der Waals surface area (Å²) >= 11 is 1.53. The average Bonchev–Trinajstić information content (AvgIpc) is 3.55. The summed E-state index contributed by atoms with van der Waals surface area (Å²) in [5, 5.41) is 6.00. The van der Waals surface area contributed by atoms with Gasteiger partial charge in [-0.05, 0) is 69.8 Å². The zero-order valence-corrected chi connectivity index (χ0v) is 27.9. The summed E-state index contributed by atoms with van der Waals surface area (Å²) in [6, 6.07) is 21.7. The molecule has 0 unspecified atom stereocenters. The van der Waals surface area contributed by atoms with E-state index >= 15 is 0 Å². The number of para-hydroxylation sites is 1. The molecular formula is C36H47N5O4S. The summed E-state index contributed by atoms with van der Waals surface area (Å²) in [5.74, 6) is 0.284. The topological polar surface area (TPSA) is 94.2 Å². The molecule has 10 heteroatoms. The Bertz CT molecular complexity index is 1430. The third-order valence-electron chi connectivity index (χ3n) is 8.97. The van der Waals surface area contributed by atoms with Gasteiger partial charge in [0, 0.05) is 62.8 Å². The van der Waals surface area contributed by atoms with E-state index in [1.807, 2.05) is 85.5 Å². The van der Waals surface area contributed by atoms with Gasteiger partial charge >= 0.3 is 6.09 Å². The Kier molecular flexibility index (Phi) is 12.2. The average molecular weight is 646 g/mol. The van der Waals surface area contributed by atoms with E-state index in [0.29, 0.717) is 6.54 Å². The fourth-order valence-electron chi connectivity index (χ4n) is 6.42. The predicted molar refractivity (Wildman–Crippen MR) is 184 cm³/mol. The van der Waals surface area contributed by atoms with Crippen LogP contribution in [0.15, 0.2) is 66.7 Å². The fraction of sp³-hybridized carbons (Fsp3) is 0.472. The van der Waals surface area contributed by atoms with Crippen molar-refractivity contribution in [3.8, 4) is 11.1 Å². The highest BCUT2D eigenvalue weighted by atomic mass is 32.1. The Morgan fingerprint density at radius 1 is 0.891 bits per heavy atom. The zero-order valence-electron chi connectivity index (χ0n) is 27.1. The molecule has 3 aromatic rings. The van der Waals surface area contributed by atoms with Crippen molar-refractivity contribution in [2.24, 2.45) is 5.92 Å². The number of thiophene rings is 1. The summed E-state index contributed by atoms with van der Waals surface area (Å²) in [4.78, 5) is 46.9. The molecule has 0 bridgehead atoms. The monoisotopic (exact) mass is 645 g/mol. The molecule has 1 aromatic heterocycles. The molecule has 9 nitrogen and oxygen atoms in total. The highest BCUT2D eigenvalue weighted by Crippen LogP contribution is 2.28. The molecule has 46 heavy (non-hydrogen) atoms. The zero-order chi connectivity index (χ0) is 32.3. The molecule has 0 spiro atoms. The summed E-state index contributed by atoms with van der Waals surface area (Å²) in [6.07, 6.45) is 2.93. The molecule has 2 saturated heterocycles. The Labute approximate surface area is 276 Å². The van der Waals surface area contributed by atoms with E-state index in [2.05, 4.69) is 20.4 Å². The highest BCUT2D eigenvalue weighted by molar-refractivity contribution is 7.14. The molecule has 2 aliphatic heterocycles. The summed E-state index contributed by atoms with van der Waals surface area (Å²) in [6.45, 7) is 11.1. The quantitative estimate of drug-likeness (QED) is 0.253. The Morgan fingerprint density at radius 3 is 2.39 bits per heavy atom. The maximum Gasteiger partial charge on any atom is 0.411 e. The smallest absolute Gasteiger partial charge is 0.411 e. The van der Waals surface area contributed by atoms with Crippen molar-refractivity contribution in [2.45, 2.75) is 52.2 Å². The number of amides is 3. The van der Waals surface area contributed by atoms with Gasteiger partial charge in [0.15, 0.2) is 0 Å². The minimum absolute atomic E-state index is 0.0462. The fourth-order valence-corrected chi connectivity index (χ4v) is 7.38. The van der Waals surface area contributed by atoms with Crippen LogP contribution in [0.25, 0.3) is 11.1 Å². The van der Waals surface area contributed by atoms with Crippen molar-refractivity contribution in [3.05, 3.63) is 76.5 Å². The van der Waals surface area contributed by atoms with Crippen LogP contribution in [0.2, 0.25) is 0 Å². The molecule has 2 N–H and O–H groups in total. The first-order chi connectivity index (χ1) is 22.4. The van der Waals surface area contributed by atoms with Crippen molar-refractivity contribution >= 4 is 34.9 Å². The van der Waals surface area contributed by atoms with Gasteiger partial charge in [-0.2, -0.15) is 0 Å². The van der Waals surface area contributed by atoms with Crippen molar-refractivity contribution in [1.29, 1.82) is 0 Å². The van der Waals surface area contributed by atoms with E-state index in [1.54, 1.807) is 0 Å². The lowest BCUT2D eigenvalue weighted by molar-refractivity contribution is -0.137. The van der Waals surface area contributed by atoms with E-state index in [9.17, 15) is 14.4 Å². The third kappa shape index (κ3) is 9.18. The van der Waals surface area contributed by atoms with Crippen LogP contribution in [0.1, 0.15) is 54.1 Å². The Balaban J connectivity index is 0.997. The van der Waals surface area contributed by atoms with Crippen LogP contribution in [-0.2, 0) is 16.1 Å². The molecular weight excluding hydrogens is 598 g/mol. The van der Waals surface area contributed by atoms with E-state index in [4.69, 9.17) is 4.74 Å². The number of rotatable bonds is 12. The Morgan fingerprint density at radius 2 is 1.63 bits per heavy atom. The predicted octanol–water partition coefficient (Wildman–Crippen LogP) is 5.94. The number of carbonyl (C=O) groups excluding carboxylic acids is 3. The van der Waals surface area contributed by atoms with Gasteiger partial charge in [0.1, 0.15) is 6.10 Å². The van der Waals surface area contributed by atoms with E-state index in [1.165, 1.54) is 11.3 Å². The minimum atomic E-state index is -0.433. The number of hydrogen-bond donors (Lipinski definition) is 2.